The molecule has 0 bridgehead atoms. The van der Waals surface area contributed by atoms with E-state index in [9.17, 15) is 0 Å². The summed E-state index contributed by atoms with van der Waals surface area (Å²) in [4.78, 5) is 1.99. The minimum Gasteiger partial charge on any atom is -0.495 e. The van der Waals surface area contributed by atoms with Crippen LogP contribution in [0, 0.1) is 12.3 Å². The zero-order chi connectivity index (χ0) is 14.7. The summed E-state index contributed by atoms with van der Waals surface area (Å²) < 4.78 is 5.39. The van der Waals surface area contributed by atoms with Gasteiger partial charge in [0.2, 0.25) is 0 Å². The van der Waals surface area contributed by atoms with Crippen molar-refractivity contribution in [2.75, 3.05) is 19.1 Å². The first-order chi connectivity index (χ1) is 9.54. The van der Waals surface area contributed by atoms with Gasteiger partial charge in [-0.05, 0) is 36.8 Å². The predicted octanol–water partition coefficient (Wildman–Crippen LogP) is 3.06. The molecular weight excluding hydrogens is 250 g/mol. The molecule has 0 spiro atoms. The van der Waals surface area contributed by atoms with E-state index >= 15 is 0 Å². The number of hydrogen-bond donors (Lipinski definition) is 2. The van der Waals surface area contributed by atoms with Crippen LogP contribution >= 0.6 is 0 Å². The van der Waals surface area contributed by atoms with Crippen molar-refractivity contribution in [1.29, 1.82) is 5.41 Å². The van der Waals surface area contributed by atoms with Crippen LogP contribution < -0.4 is 15.4 Å². The van der Waals surface area contributed by atoms with Gasteiger partial charge in [-0.3, -0.25) is 5.41 Å². The second-order valence-electron chi connectivity index (χ2n) is 4.67. The van der Waals surface area contributed by atoms with Gasteiger partial charge in [0, 0.05) is 12.6 Å². The van der Waals surface area contributed by atoms with Crippen molar-refractivity contribution in [3.8, 4) is 5.75 Å². The number of nitrogen functional groups attached to an aromatic ring is 1. The van der Waals surface area contributed by atoms with E-state index in [-0.39, 0.29) is 5.84 Å². The van der Waals surface area contributed by atoms with E-state index in [0.717, 1.165) is 22.7 Å². The Labute approximate surface area is 119 Å². The smallest absolute Gasteiger partial charge is 0.142 e. The van der Waals surface area contributed by atoms with E-state index in [4.69, 9.17) is 15.9 Å². The summed E-state index contributed by atoms with van der Waals surface area (Å²) in [6.07, 6.45) is 0. The van der Waals surface area contributed by atoms with Crippen molar-refractivity contribution < 1.29 is 4.74 Å². The molecule has 0 saturated heterocycles. The van der Waals surface area contributed by atoms with Gasteiger partial charge < -0.3 is 15.4 Å². The van der Waals surface area contributed by atoms with Crippen LogP contribution in [0.2, 0.25) is 0 Å². The van der Waals surface area contributed by atoms with Crippen molar-refractivity contribution in [3.05, 3.63) is 53.6 Å². The summed E-state index contributed by atoms with van der Waals surface area (Å²) in [5.74, 6) is 0.841. The third kappa shape index (κ3) is 2.59. The van der Waals surface area contributed by atoms with Gasteiger partial charge in [0.25, 0.3) is 0 Å². The Balaban J connectivity index is 2.55. The summed E-state index contributed by atoms with van der Waals surface area (Å²) in [6.45, 7) is 2.02. The quantitative estimate of drug-likeness (QED) is 0.662. The van der Waals surface area contributed by atoms with Gasteiger partial charge in [-0.1, -0.05) is 18.2 Å². The van der Waals surface area contributed by atoms with Crippen LogP contribution in [-0.2, 0) is 0 Å². The maximum Gasteiger partial charge on any atom is 0.142 e. The predicted molar refractivity (Wildman–Crippen MR) is 83.3 cm³/mol. The zero-order valence-corrected chi connectivity index (χ0v) is 12.0. The van der Waals surface area contributed by atoms with Crippen molar-refractivity contribution in [2.45, 2.75) is 6.92 Å². The van der Waals surface area contributed by atoms with Crippen LogP contribution in [-0.4, -0.2) is 20.0 Å². The normalized spacial score (nSPS) is 10.2. The van der Waals surface area contributed by atoms with Gasteiger partial charge in [-0.15, -0.1) is 0 Å². The van der Waals surface area contributed by atoms with E-state index in [1.54, 1.807) is 7.11 Å². The number of nitrogens with zero attached hydrogens (tertiary/aromatic N) is 1. The number of amidine groups is 1. The average Bonchev–Trinajstić information content (AvgIpc) is 2.46. The molecule has 0 unspecified atom stereocenters. The molecule has 0 aliphatic rings. The maximum atomic E-state index is 7.72. The third-order valence-corrected chi connectivity index (χ3v) is 3.25. The molecule has 0 fully saturated rings. The Morgan fingerprint density at radius 2 is 1.85 bits per heavy atom. The molecule has 0 saturated carbocycles. The molecular formula is C16H19N3O. The minimum absolute atomic E-state index is 0.0572. The number of nitrogens with two attached hydrogens (primary N) is 1. The molecule has 0 atom stereocenters. The number of benzene rings is 2. The third-order valence-electron chi connectivity index (χ3n) is 3.25. The summed E-state index contributed by atoms with van der Waals surface area (Å²) in [5, 5.41) is 7.72. The molecule has 20 heavy (non-hydrogen) atoms. The van der Waals surface area contributed by atoms with E-state index in [1.807, 2.05) is 61.3 Å². The van der Waals surface area contributed by atoms with Crippen LogP contribution in [0.1, 0.15) is 11.1 Å². The molecule has 2 aromatic rings. The number of aryl methyl sites for hydroxylation is 1. The largest absolute Gasteiger partial charge is 0.495 e. The van der Waals surface area contributed by atoms with Gasteiger partial charge in [-0.25, -0.2) is 0 Å². The molecule has 0 amide bonds. The molecule has 4 heteroatoms. The lowest BCUT2D eigenvalue weighted by atomic mass is 10.1. The molecule has 2 rings (SSSR count). The SMILES string of the molecule is COc1ccccc1N(C)c1cc(C)ccc1C(=N)N. The fourth-order valence-corrected chi connectivity index (χ4v) is 2.18. The number of methoxy groups -OCH3 is 1. The highest BCUT2D eigenvalue weighted by Gasteiger charge is 2.14. The minimum atomic E-state index is 0.0572. The molecule has 2 aromatic carbocycles. The molecule has 0 aliphatic carbocycles. The molecule has 4 nitrogen and oxygen atoms in total. The van der Waals surface area contributed by atoms with Crippen molar-refractivity contribution in [3.63, 3.8) is 0 Å². The van der Waals surface area contributed by atoms with E-state index in [2.05, 4.69) is 0 Å². The standard InChI is InChI=1S/C16H19N3O/c1-11-8-9-12(16(17)18)14(10-11)19(2)13-6-4-5-7-15(13)20-3/h4-10H,1-3H3,(H3,17,18). The molecule has 0 aromatic heterocycles. The lowest BCUT2D eigenvalue weighted by molar-refractivity contribution is 0.415. The monoisotopic (exact) mass is 269 g/mol. The average molecular weight is 269 g/mol. The molecule has 104 valence electrons. The number of rotatable bonds is 4. The van der Waals surface area contributed by atoms with Crippen LogP contribution in [0.5, 0.6) is 5.75 Å². The van der Waals surface area contributed by atoms with Crippen LogP contribution in [0.15, 0.2) is 42.5 Å². The van der Waals surface area contributed by atoms with Crippen LogP contribution in [0.4, 0.5) is 11.4 Å². The highest BCUT2D eigenvalue weighted by atomic mass is 16.5. The molecule has 3 N–H and O–H groups in total. The number of anilines is 2. The number of ether oxygens (including phenoxy) is 1. The van der Waals surface area contributed by atoms with Crippen LogP contribution in [0.25, 0.3) is 0 Å². The van der Waals surface area contributed by atoms with Gasteiger partial charge >= 0.3 is 0 Å². The summed E-state index contributed by atoms with van der Waals surface area (Å²) >= 11 is 0. The topological polar surface area (TPSA) is 62.3 Å². The molecule has 0 heterocycles. The fourth-order valence-electron chi connectivity index (χ4n) is 2.18. The molecule has 0 aliphatic heterocycles. The Kier molecular flexibility index (Phi) is 3.94. The zero-order valence-electron chi connectivity index (χ0n) is 12.0. The van der Waals surface area contributed by atoms with E-state index in [1.165, 1.54) is 0 Å². The van der Waals surface area contributed by atoms with Crippen molar-refractivity contribution in [2.24, 2.45) is 5.73 Å². The summed E-state index contributed by atoms with van der Waals surface area (Å²) in [5.41, 5.74) is 9.33. The summed E-state index contributed by atoms with van der Waals surface area (Å²) in [7, 11) is 3.59. The lowest BCUT2D eigenvalue weighted by Crippen LogP contribution is -2.19. The second-order valence-corrected chi connectivity index (χ2v) is 4.67. The lowest BCUT2D eigenvalue weighted by Gasteiger charge is -2.24. The highest BCUT2D eigenvalue weighted by Crippen LogP contribution is 2.34. The van der Waals surface area contributed by atoms with E-state index < -0.39 is 0 Å². The number of hydrogen-bond acceptors (Lipinski definition) is 3. The Morgan fingerprint density at radius 1 is 1.15 bits per heavy atom. The van der Waals surface area contributed by atoms with E-state index in [0.29, 0.717) is 5.56 Å². The highest BCUT2D eigenvalue weighted by molar-refractivity contribution is 6.01. The van der Waals surface area contributed by atoms with Gasteiger partial charge in [0.1, 0.15) is 11.6 Å². The maximum absolute atomic E-state index is 7.72. The van der Waals surface area contributed by atoms with Crippen LogP contribution in [0.3, 0.4) is 0 Å². The number of nitrogens with one attached hydrogen (secondary N) is 1. The first-order valence-corrected chi connectivity index (χ1v) is 6.36. The fraction of sp³-hybridized carbons (Fsp3) is 0.188. The summed E-state index contributed by atoms with van der Waals surface area (Å²) in [6, 6.07) is 13.6. The Morgan fingerprint density at radius 3 is 2.50 bits per heavy atom. The first kappa shape index (κ1) is 13.9. The van der Waals surface area contributed by atoms with Gasteiger partial charge in [-0.2, -0.15) is 0 Å². The second kappa shape index (κ2) is 5.65. The van der Waals surface area contributed by atoms with Gasteiger partial charge in [0.05, 0.1) is 18.5 Å². The Bertz CT molecular complexity index is 637. The first-order valence-electron chi connectivity index (χ1n) is 6.36. The Hall–Kier alpha value is -2.49. The molecule has 0 radical (unpaired) electrons. The number of para-hydroxylation sites is 2. The van der Waals surface area contributed by atoms with Gasteiger partial charge in [0.15, 0.2) is 0 Å². The van der Waals surface area contributed by atoms with Crippen molar-refractivity contribution >= 4 is 17.2 Å². The van der Waals surface area contributed by atoms with Crippen molar-refractivity contribution in [1.82, 2.24) is 0 Å².